The van der Waals surface area contributed by atoms with Gasteiger partial charge in [0.25, 0.3) is 5.91 Å². The first-order valence-electron chi connectivity index (χ1n) is 11.2. The summed E-state index contributed by atoms with van der Waals surface area (Å²) in [5.41, 5.74) is 2.88. The normalized spacial score (nSPS) is 19.4. The molecule has 0 saturated carbocycles. The van der Waals surface area contributed by atoms with Gasteiger partial charge in [-0.25, -0.2) is 8.42 Å². The van der Waals surface area contributed by atoms with Gasteiger partial charge in [-0.3, -0.25) is 9.59 Å². The number of fused-ring (bicyclic) bond motifs is 1. The molecule has 0 spiro atoms. The second-order valence-corrected chi connectivity index (χ2v) is 10.4. The summed E-state index contributed by atoms with van der Waals surface area (Å²) in [7, 11) is -3.77. The van der Waals surface area contributed by atoms with E-state index in [9.17, 15) is 18.0 Å². The van der Waals surface area contributed by atoms with Gasteiger partial charge in [-0.05, 0) is 56.4 Å². The van der Waals surface area contributed by atoms with Crippen LogP contribution in [0.2, 0.25) is 0 Å². The molecule has 2 aliphatic heterocycles. The Labute approximate surface area is 194 Å². The summed E-state index contributed by atoms with van der Waals surface area (Å²) in [6, 6.07) is 10.8. The second kappa shape index (κ2) is 9.15. The van der Waals surface area contributed by atoms with Crippen LogP contribution < -0.4 is 15.4 Å². The highest BCUT2D eigenvalue weighted by Crippen LogP contribution is 2.36. The molecule has 2 aromatic carbocycles. The third-order valence-electron chi connectivity index (χ3n) is 6.31. The van der Waals surface area contributed by atoms with Crippen molar-refractivity contribution in [2.24, 2.45) is 5.92 Å². The fraction of sp³-hybridized carbons (Fsp3) is 0.417. The van der Waals surface area contributed by atoms with Crippen LogP contribution in [0.15, 0.2) is 41.3 Å². The predicted molar refractivity (Wildman–Crippen MR) is 126 cm³/mol. The molecule has 0 aliphatic carbocycles. The van der Waals surface area contributed by atoms with Crippen molar-refractivity contribution in [3.05, 3.63) is 47.5 Å². The topological polar surface area (TPSA) is 105 Å². The molecule has 8 nitrogen and oxygen atoms in total. The number of carbonyl (C=O) groups is 2. The molecule has 0 bridgehead atoms. The summed E-state index contributed by atoms with van der Waals surface area (Å²) in [4.78, 5) is 24.8. The minimum Gasteiger partial charge on any atom is -0.479 e. The summed E-state index contributed by atoms with van der Waals surface area (Å²) in [5, 5.41) is 5.75. The summed E-state index contributed by atoms with van der Waals surface area (Å²) in [5.74, 6) is -0.240. The number of nitrogens with one attached hydrogen (secondary N) is 2. The number of anilines is 2. The number of benzene rings is 2. The Kier molecular flexibility index (Phi) is 6.45. The number of hydrogen-bond acceptors (Lipinski definition) is 5. The van der Waals surface area contributed by atoms with Crippen LogP contribution in [0.3, 0.4) is 0 Å². The number of nitrogens with zero attached hydrogens (tertiary/aromatic N) is 1. The van der Waals surface area contributed by atoms with E-state index in [1.54, 1.807) is 19.9 Å². The molecule has 33 heavy (non-hydrogen) atoms. The Hall–Kier alpha value is -2.91. The smallest absolute Gasteiger partial charge is 0.265 e. The molecule has 1 fully saturated rings. The molecule has 9 heteroatoms. The van der Waals surface area contributed by atoms with Crippen molar-refractivity contribution >= 4 is 33.2 Å². The number of rotatable bonds is 5. The number of para-hydroxylation sites is 1. The molecular formula is C24H29N3O5S. The van der Waals surface area contributed by atoms with E-state index in [-0.39, 0.29) is 35.7 Å². The second-order valence-electron chi connectivity index (χ2n) is 8.54. The van der Waals surface area contributed by atoms with Crippen LogP contribution in [0.1, 0.15) is 37.8 Å². The SMILES string of the molecule is CCc1ccccc1NC(=O)C1CCN(S(=O)(=O)c2cc3c(cc2C)NC(=O)C(C)O3)CC1. The van der Waals surface area contributed by atoms with E-state index >= 15 is 0 Å². The van der Waals surface area contributed by atoms with Gasteiger partial charge >= 0.3 is 0 Å². The van der Waals surface area contributed by atoms with Crippen LogP contribution in [0.25, 0.3) is 0 Å². The van der Waals surface area contributed by atoms with Gasteiger partial charge in [0.15, 0.2) is 6.10 Å². The maximum atomic E-state index is 13.4. The molecule has 176 valence electrons. The highest BCUT2D eigenvalue weighted by atomic mass is 32.2. The molecule has 1 atom stereocenters. The number of aryl methyl sites for hydroxylation is 2. The van der Waals surface area contributed by atoms with Crippen molar-refractivity contribution in [1.29, 1.82) is 0 Å². The van der Waals surface area contributed by atoms with E-state index in [4.69, 9.17) is 4.74 Å². The van der Waals surface area contributed by atoms with E-state index in [1.807, 2.05) is 31.2 Å². The van der Waals surface area contributed by atoms with Crippen molar-refractivity contribution in [2.45, 2.75) is 51.0 Å². The molecule has 2 N–H and O–H groups in total. The molecule has 4 rings (SSSR count). The van der Waals surface area contributed by atoms with Crippen LogP contribution in [-0.4, -0.2) is 43.7 Å². The fourth-order valence-corrected chi connectivity index (χ4v) is 6.00. The first-order chi connectivity index (χ1) is 15.7. The van der Waals surface area contributed by atoms with Crippen molar-refractivity contribution in [3.8, 4) is 5.75 Å². The fourth-order valence-electron chi connectivity index (χ4n) is 4.30. The standard InChI is InChI=1S/C24H29N3O5S/c1-4-17-7-5-6-8-19(17)25-24(29)18-9-11-27(12-10-18)33(30,31)22-14-21-20(13-15(22)2)26-23(28)16(3)32-21/h5-8,13-14,16,18H,4,9-12H2,1-3H3,(H,25,29)(H,26,28). The third-order valence-corrected chi connectivity index (χ3v) is 8.35. The number of amides is 2. The Bertz CT molecular complexity index is 1190. The van der Waals surface area contributed by atoms with E-state index in [2.05, 4.69) is 10.6 Å². The average molecular weight is 472 g/mol. The molecule has 0 radical (unpaired) electrons. The zero-order valence-electron chi connectivity index (χ0n) is 19.1. The van der Waals surface area contributed by atoms with Gasteiger partial charge in [-0.15, -0.1) is 0 Å². The predicted octanol–water partition coefficient (Wildman–Crippen LogP) is 3.32. The lowest BCUT2D eigenvalue weighted by atomic mass is 9.97. The van der Waals surface area contributed by atoms with E-state index in [1.165, 1.54) is 10.4 Å². The molecule has 0 aromatic heterocycles. The van der Waals surface area contributed by atoms with Gasteiger partial charge in [-0.1, -0.05) is 25.1 Å². The van der Waals surface area contributed by atoms with Crippen molar-refractivity contribution in [1.82, 2.24) is 4.31 Å². The van der Waals surface area contributed by atoms with Gasteiger partial charge < -0.3 is 15.4 Å². The maximum Gasteiger partial charge on any atom is 0.265 e. The van der Waals surface area contributed by atoms with Crippen molar-refractivity contribution in [2.75, 3.05) is 23.7 Å². The third kappa shape index (κ3) is 4.60. The van der Waals surface area contributed by atoms with E-state index in [0.29, 0.717) is 29.8 Å². The van der Waals surface area contributed by atoms with Gasteiger partial charge in [0, 0.05) is 30.8 Å². The monoisotopic (exact) mass is 471 g/mol. The maximum absolute atomic E-state index is 13.4. The number of carbonyl (C=O) groups excluding carboxylic acids is 2. The summed E-state index contributed by atoms with van der Waals surface area (Å²) in [6.45, 7) is 5.88. The van der Waals surface area contributed by atoms with Crippen molar-refractivity contribution < 1.29 is 22.7 Å². The van der Waals surface area contributed by atoms with E-state index in [0.717, 1.165) is 17.7 Å². The molecule has 2 heterocycles. The number of hydrogen-bond donors (Lipinski definition) is 2. The summed E-state index contributed by atoms with van der Waals surface area (Å²) in [6.07, 6.45) is 1.03. The van der Waals surface area contributed by atoms with Crippen LogP contribution >= 0.6 is 0 Å². The lowest BCUT2D eigenvalue weighted by molar-refractivity contribution is -0.123. The average Bonchev–Trinajstić information content (AvgIpc) is 2.80. The van der Waals surface area contributed by atoms with Crippen LogP contribution in [0.4, 0.5) is 11.4 Å². The summed E-state index contributed by atoms with van der Waals surface area (Å²) < 4.78 is 33.8. The Balaban J connectivity index is 1.46. The highest BCUT2D eigenvalue weighted by Gasteiger charge is 2.34. The van der Waals surface area contributed by atoms with Crippen molar-refractivity contribution in [3.63, 3.8) is 0 Å². The van der Waals surface area contributed by atoms with Crippen LogP contribution in [0, 0.1) is 12.8 Å². The molecule has 2 amide bonds. The van der Waals surface area contributed by atoms with Gasteiger partial charge in [0.1, 0.15) is 5.75 Å². The molecule has 1 saturated heterocycles. The first kappa shape index (κ1) is 23.3. The Morgan fingerprint density at radius 2 is 1.91 bits per heavy atom. The molecule has 1 unspecified atom stereocenters. The Morgan fingerprint density at radius 1 is 1.21 bits per heavy atom. The lowest BCUT2D eigenvalue weighted by Gasteiger charge is -2.31. The van der Waals surface area contributed by atoms with Gasteiger partial charge in [-0.2, -0.15) is 4.31 Å². The first-order valence-corrected chi connectivity index (χ1v) is 12.7. The minimum absolute atomic E-state index is 0.0731. The number of sulfonamides is 1. The lowest BCUT2D eigenvalue weighted by Crippen LogP contribution is -2.41. The molecular weight excluding hydrogens is 442 g/mol. The van der Waals surface area contributed by atoms with Gasteiger partial charge in [0.05, 0.1) is 10.6 Å². The molecule has 2 aromatic rings. The molecule has 2 aliphatic rings. The van der Waals surface area contributed by atoms with Gasteiger partial charge in [0.2, 0.25) is 15.9 Å². The van der Waals surface area contributed by atoms with E-state index < -0.39 is 16.1 Å². The highest BCUT2D eigenvalue weighted by molar-refractivity contribution is 7.89. The largest absolute Gasteiger partial charge is 0.479 e. The zero-order valence-corrected chi connectivity index (χ0v) is 19.9. The Morgan fingerprint density at radius 3 is 2.61 bits per heavy atom. The quantitative estimate of drug-likeness (QED) is 0.696. The zero-order chi connectivity index (χ0) is 23.8. The minimum atomic E-state index is -3.77. The van der Waals surface area contributed by atoms with Crippen LogP contribution in [-0.2, 0) is 26.0 Å². The number of ether oxygens (including phenoxy) is 1. The summed E-state index contributed by atoms with van der Waals surface area (Å²) >= 11 is 0. The number of piperidine rings is 1. The van der Waals surface area contributed by atoms with Crippen LogP contribution in [0.5, 0.6) is 5.75 Å².